The Balaban J connectivity index is 1.88. The summed E-state index contributed by atoms with van der Waals surface area (Å²) in [7, 11) is 0. The maximum Gasteiger partial charge on any atom is 0.276 e. The normalized spacial score (nSPS) is 10.6. The lowest BCUT2D eigenvalue weighted by Crippen LogP contribution is -2.44. The molecule has 0 heterocycles. The number of aryl methyl sites for hydroxylation is 1. The van der Waals surface area contributed by atoms with Crippen LogP contribution in [-0.4, -0.2) is 25.0 Å². The molecule has 0 fully saturated rings. The first-order chi connectivity index (χ1) is 14.4. The summed E-state index contributed by atoms with van der Waals surface area (Å²) in [6.45, 7) is 8.58. The molecule has 0 atom stereocenters. The summed E-state index contributed by atoms with van der Waals surface area (Å²) in [6, 6.07) is 12.9. The molecule has 2 rings (SSSR count). The van der Waals surface area contributed by atoms with Gasteiger partial charge in [0.2, 0.25) is 0 Å². The van der Waals surface area contributed by atoms with Crippen LogP contribution in [0.4, 0.5) is 0 Å². The lowest BCUT2D eigenvalue weighted by Gasteiger charge is -2.15. The summed E-state index contributed by atoms with van der Waals surface area (Å²) < 4.78 is 11.4. The quantitative estimate of drug-likeness (QED) is 0.444. The van der Waals surface area contributed by atoms with E-state index < -0.39 is 11.8 Å². The summed E-state index contributed by atoms with van der Waals surface area (Å²) in [5.74, 6) is 0.571. The first-order valence-corrected chi connectivity index (χ1v) is 10.5. The van der Waals surface area contributed by atoms with Gasteiger partial charge in [-0.3, -0.25) is 20.4 Å². The lowest BCUT2D eigenvalue weighted by atomic mass is 10.0. The number of para-hydroxylation sites is 1. The molecular formula is C24H32N2O4. The van der Waals surface area contributed by atoms with Crippen molar-refractivity contribution in [2.45, 2.75) is 52.9 Å². The van der Waals surface area contributed by atoms with E-state index in [1.807, 2.05) is 31.2 Å². The van der Waals surface area contributed by atoms with Gasteiger partial charge in [-0.2, -0.15) is 0 Å². The minimum atomic E-state index is -0.444. The molecule has 0 aliphatic heterocycles. The number of rotatable bonds is 10. The molecule has 2 amide bonds. The second kappa shape index (κ2) is 11.9. The highest BCUT2D eigenvalue weighted by atomic mass is 16.5. The van der Waals surface area contributed by atoms with E-state index in [-0.39, 0.29) is 12.5 Å². The van der Waals surface area contributed by atoms with E-state index in [1.54, 1.807) is 18.2 Å². The van der Waals surface area contributed by atoms with Gasteiger partial charge in [-0.05, 0) is 48.6 Å². The highest BCUT2D eigenvalue weighted by Gasteiger charge is 2.14. The number of benzene rings is 2. The second-order valence-electron chi connectivity index (χ2n) is 7.54. The van der Waals surface area contributed by atoms with E-state index in [4.69, 9.17) is 9.47 Å². The molecule has 2 N–H and O–H groups in total. The fourth-order valence-electron chi connectivity index (χ4n) is 2.93. The van der Waals surface area contributed by atoms with Crippen LogP contribution >= 0.6 is 0 Å². The van der Waals surface area contributed by atoms with E-state index in [0.717, 1.165) is 30.4 Å². The molecule has 0 unspecified atom stereocenters. The van der Waals surface area contributed by atoms with Crippen LogP contribution in [0.25, 0.3) is 0 Å². The Morgan fingerprint density at radius 2 is 1.73 bits per heavy atom. The SMILES string of the molecule is CCCCCOc1ccccc1C(=O)NNC(=O)COc1cc(C)ccc1C(C)C. The predicted molar refractivity (Wildman–Crippen MR) is 118 cm³/mol. The average Bonchev–Trinajstić information content (AvgIpc) is 2.73. The number of ether oxygens (including phenoxy) is 2. The predicted octanol–water partition coefficient (Wildman–Crippen LogP) is 4.53. The van der Waals surface area contributed by atoms with Gasteiger partial charge < -0.3 is 9.47 Å². The highest BCUT2D eigenvalue weighted by molar-refractivity contribution is 5.97. The average molecular weight is 413 g/mol. The van der Waals surface area contributed by atoms with Gasteiger partial charge in [-0.25, -0.2) is 0 Å². The molecule has 0 saturated carbocycles. The Bertz CT molecular complexity index is 849. The van der Waals surface area contributed by atoms with Gasteiger partial charge in [-0.15, -0.1) is 0 Å². The van der Waals surface area contributed by atoms with Crippen LogP contribution < -0.4 is 20.3 Å². The molecule has 2 aromatic carbocycles. The number of hydrazine groups is 1. The van der Waals surface area contributed by atoms with Crippen molar-refractivity contribution in [3.8, 4) is 11.5 Å². The number of amides is 2. The summed E-state index contributed by atoms with van der Waals surface area (Å²) in [6.07, 6.45) is 3.10. The number of nitrogens with one attached hydrogen (secondary N) is 2. The van der Waals surface area contributed by atoms with E-state index >= 15 is 0 Å². The van der Waals surface area contributed by atoms with E-state index in [9.17, 15) is 9.59 Å². The van der Waals surface area contributed by atoms with Crippen LogP contribution in [0.5, 0.6) is 11.5 Å². The number of carbonyl (C=O) groups excluding carboxylic acids is 2. The van der Waals surface area contributed by atoms with Gasteiger partial charge >= 0.3 is 0 Å². The zero-order valence-corrected chi connectivity index (χ0v) is 18.3. The Morgan fingerprint density at radius 3 is 2.47 bits per heavy atom. The third-order valence-corrected chi connectivity index (χ3v) is 4.60. The Labute approximate surface area is 178 Å². The summed E-state index contributed by atoms with van der Waals surface area (Å²) in [4.78, 5) is 24.6. The molecule has 0 bridgehead atoms. The molecule has 162 valence electrons. The maximum absolute atomic E-state index is 12.5. The zero-order valence-electron chi connectivity index (χ0n) is 18.3. The van der Waals surface area contributed by atoms with Crippen molar-refractivity contribution in [1.29, 1.82) is 0 Å². The molecule has 0 aromatic heterocycles. The fourth-order valence-corrected chi connectivity index (χ4v) is 2.93. The van der Waals surface area contributed by atoms with Crippen LogP contribution in [-0.2, 0) is 4.79 Å². The largest absolute Gasteiger partial charge is 0.493 e. The lowest BCUT2D eigenvalue weighted by molar-refractivity contribution is -0.123. The summed E-state index contributed by atoms with van der Waals surface area (Å²) in [5, 5.41) is 0. The standard InChI is InChI=1S/C24H32N2O4/c1-5-6-9-14-29-21-11-8-7-10-20(21)24(28)26-25-23(27)16-30-22-15-18(4)12-13-19(22)17(2)3/h7-8,10-13,15,17H,5-6,9,14,16H2,1-4H3,(H,25,27)(H,26,28). The van der Waals surface area contributed by atoms with Crippen LogP contribution in [0.15, 0.2) is 42.5 Å². The first-order valence-electron chi connectivity index (χ1n) is 10.5. The summed E-state index contributed by atoms with van der Waals surface area (Å²) >= 11 is 0. The van der Waals surface area contributed by atoms with E-state index in [2.05, 4.69) is 31.6 Å². The van der Waals surface area contributed by atoms with Crippen molar-refractivity contribution in [2.75, 3.05) is 13.2 Å². The van der Waals surface area contributed by atoms with Gasteiger partial charge in [0.05, 0.1) is 12.2 Å². The molecule has 6 nitrogen and oxygen atoms in total. The van der Waals surface area contributed by atoms with Crippen molar-refractivity contribution in [2.24, 2.45) is 0 Å². The minimum absolute atomic E-state index is 0.196. The Kier molecular flexibility index (Phi) is 9.19. The first kappa shape index (κ1) is 23.3. The molecule has 6 heteroatoms. The Hall–Kier alpha value is -3.02. The monoisotopic (exact) mass is 412 g/mol. The van der Waals surface area contributed by atoms with Gasteiger partial charge in [0.1, 0.15) is 11.5 Å². The van der Waals surface area contributed by atoms with Crippen molar-refractivity contribution in [3.05, 3.63) is 59.2 Å². The molecular weight excluding hydrogens is 380 g/mol. The highest BCUT2D eigenvalue weighted by Crippen LogP contribution is 2.27. The van der Waals surface area contributed by atoms with E-state index in [0.29, 0.717) is 23.7 Å². The molecule has 0 aliphatic carbocycles. The Morgan fingerprint density at radius 1 is 0.967 bits per heavy atom. The number of hydrogen-bond acceptors (Lipinski definition) is 4. The van der Waals surface area contributed by atoms with Crippen molar-refractivity contribution in [1.82, 2.24) is 10.9 Å². The second-order valence-corrected chi connectivity index (χ2v) is 7.54. The molecule has 0 spiro atoms. The molecule has 0 saturated heterocycles. The van der Waals surface area contributed by atoms with Gasteiger partial charge in [0.15, 0.2) is 6.61 Å². The molecule has 0 aliphatic rings. The summed E-state index contributed by atoms with van der Waals surface area (Å²) in [5.41, 5.74) is 7.29. The van der Waals surface area contributed by atoms with Crippen molar-refractivity contribution < 1.29 is 19.1 Å². The third kappa shape index (κ3) is 7.10. The maximum atomic E-state index is 12.5. The molecule has 30 heavy (non-hydrogen) atoms. The van der Waals surface area contributed by atoms with Crippen LogP contribution in [0.1, 0.15) is 67.4 Å². The minimum Gasteiger partial charge on any atom is -0.493 e. The smallest absolute Gasteiger partial charge is 0.276 e. The van der Waals surface area contributed by atoms with E-state index in [1.165, 1.54) is 0 Å². The number of hydrogen-bond donors (Lipinski definition) is 2. The van der Waals surface area contributed by atoms with Crippen LogP contribution in [0.3, 0.4) is 0 Å². The van der Waals surface area contributed by atoms with Gasteiger partial charge in [-0.1, -0.05) is 57.9 Å². The van der Waals surface area contributed by atoms with Crippen LogP contribution in [0, 0.1) is 6.92 Å². The topological polar surface area (TPSA) is 76.7 Å². The third-order valence-electron chi connectivity index (χ3n) is 4.60. The number of carbonyl (C=O) groups is 2. The molecule has 2 aromatic rings. The van der Waals surface area contributed by atoms with Crippen LogP contribution in [0.2, 0.25) is 0 Å². The molecule has 0 radical (unpaired) electrons. The van der Waals surface area contributed by atoms with Gasteiger partial charge in [0.25, 0.3) is 11.8 Å². The fraction of sp³-hybridized carbons (Fsp3) is 0.417. The van der Waals surface area contributed by atoms with Crippen molar-refractivity contribution >= 4 is 11.8 Å². The van der Waals surface area contributed by atoms with Crippen molar-refractivity contribution in [3.63, 3.8) is 0 Å². The number of unbranched alkanes of at least 4 members (excludes halogenated alkanes) is 2. The zero-order chi connectivity index (χ0) is 21.9. The van der Waals surface area contributed by atoms with Gasteiger partial charge in [0, 0.05) is 0 Å².